The molecular weight excluding hydrogens is 514 g/mol. The number of amides is 2. The zero-order valence-electron chi connectivity index (χ0n) is 23.0. The van der Waals surface area contributed by atoms with E-state index in [-0.39, 0.29) is 17.3 Å². The summed E-state index contributed by atoms with van der Waals surface area (Å²) >= 11 is 0. The van der Waals surface area contributed by atoms with Crippen LogP contribution < -0.4 is 14.4 Å². The summed E-state index contributed by atoms with van der Waals surface area (Å²) in [5.74, 6) is -0.257. The van der Waals surface area contributed by atoms with Gasteiger partial charge in [-0.15, -0.1) is 0 Å². The molecule has 1 atom stereocenters. The third kappa shape index (κ3) is 7.83. The molecule has 39 heavy (non-hydrogen) atoms. The Kier molecular flexibility index (Phi) is 10.5. The molecule has 208 valence electrons. The van der Waals surface area contributed by atoms with Crippen molar-refractivity contribution in [1.82, 2.24) is 10.2 Å². The van der Waals surface area contributed by atoms with Gasteiger partial charge in [-0.05, 0) is 62.2 Å². The van der Waals surface area contributed by atoms with E-state index in [9.17, 15) is 18.0 Å². The Morgan fingerprint density at radius 2 is 1.67 bits per heavy atom. The van der Waals surface area contributed by atoms with Gasteiger partial charge in [-0.1, -0.05) is 61.4 Å². The molecule has 2 amide bonds. The highest BCUT2D eigenvalue weighted by Gasteiger charge is 2.32. The van der Waals surface area contributed by atoms with Gasteiger partial charge in [0.15, 0.2) is 0 Å². The number of methoxy groups -OCH3 is 1. The molecule has 3 aromatic rings. The summed E-state index contributed by atoms with van der Waals surface area (Å²) in [6.07, 6.45) is 1.75. The van der Waals surface area contributed by atoms with E-state index in [1.54, 1.807) is 49.4 Å². The summed E-state index contributed by atoms with van der Waals surface area (Å²) in [7, 11) is -2.62. The van der Waals surface area contributed by atoms with Crippen LogP contribution in [0, 0.1) is 6.92 Å². The van der Waals surface area contributed by atoms with E-state index >= 15 is 0 Å². The first-order valence-corrected chi connectivity index (χ1v) is 14.5. The topological polar surface area (TPSA) is 96.0 Å². The van der Waals surface area contributed by atoms with Crippen LogP contribution in [0.3, 0.4) is 0 Å². The van der Waals surface area contributed by atoms with Gasteiger partial charge < -0.3 is 15.0 Å². The third-order valence-electron chi connectivity index (χ3n) is 6.40. The van der Waals surface area contributed by atoms with Crippen molar-refractivity contribution in [2.75, 3.05) is 24.5 Å². The number of hydrogen-bond acceptors (Lipinski definition) is 5. The Morgan fingerprint density at radius 1 is 0.974 bits per heavy atom. The number of para-hydroxylation sites is 1. The van der Waals surface area contributed by atoms with Crippen LogP contribution in [-0.2, 0) is 26.2 Å². The van der Waals surface area contributed by atoms with Crippen molar-refractivity contribution in [3.8, 4) is 5.75 Å². The number of ether oxygens (including phenoxy) is 1. The van der Waals surface area contributed by atoms with E-state index in [0.29, 0.717) is 18.0 Å². The highest BCUT2D eigenvalue weighted by atomic mass is 32.2. The normalized spacial score (nSPS) is 11.9. The number of sulfonamides is 1. The van der Waals surface area contributed by atoms with Crippen molar-refractivity contribution in [3.05, 3.63) is 90.0 Å². The van der Waals surface area contributed by atoms with Crippen LogP contribution in [0.15, 0.2) is 83.8 Å². The molecule has 0 fully saturated rings. The number of unbranched alkanes of at least 4 members (excludes halogenated alkanes) is 1. The molecule has 0 bridgehead atoms. The van der Waals surface area contributed by atoms with Gasteiger partial charge in [0.2, 0.25) is 11.8 Å². The number of nitrogens with one attached hydrogen (secondary N) is 1. The first-order valence-electron chi connectivity index (χ1n) is 13.0. The number of carbonyl (C=O) groups excluding carboxylic acids is 2. The standard InChI is InChI=1S/C30H37N3O5S/c1-5-6-19-31-30(35)24(3)32(21-25-12-10-11-23(2)20-25)29(34)22-33(26-13-8-7-9-14-26)39(36,37)28-17-15-27(38-4)16-18-28/h7-18,20,24H,5-6,19,21-22H2,1-4H3,(H,31,35)/t24-/m0/s1. The molecular formula is C30H37N3O5S. The van der Waals surface area contributed by atoms with E-state index in [0.717, 1.165) is 28.3 Å². The lowest BCUT2D eigenvalue weighted by atomic mass is 10.1. The lowest BCUT2D eigenvalue weighted by Crippen LogP contribution is -2.51. The Morgan fingerprint density at radius 3 is 2.28 bits per heavy atom. The van der Waals surface area contributed by atoms with Gasteiger partial charge in [-0.25, -0.2) is 8.42 Å². The fraction of sp³-hybridized carbons (Fsp3) is 0.333. The van der Waals surface area contributed by atoms with E-state index in [2.05, 4.69) is 5.32 Å². The minimum Gasteiger partial charge on any atom is -0.497 e. The van der Waals surface area contributed by atoms with E-state index in [1.807, 2.05) is 38.1 Å². The van der Waals surface area contributed by atoms with Crippen molar-refractivity contribution >= 4 is 27.5 Å². The zero-order valence-corrected chi connectivity index (χ0v) is 23.8. The minimum atomic E-state index is -4.12. The number of carbonyl (C=O) groups is 2. The van der Waals surface area contributed by atoms with Gasteiger partial charge in [-0.2, -0.15) is 0 Å². The fourth-order valence-electron chi connectivity index (χ4n) is 4.12. The fourth-order valence-corrected chi connectivity index (χ4v) is 5.54. The predicted octanol–water partition coefficient (Wildman–Crippen LogP) is 4.53. The lowest BCUT2D eigenvalue weighted by Gasteiger charge is -2.32. The van der Waals surface area contributed by atoms with Crippen LogP contribution in [-0.4, -0.2) is 51.4 Å². The molecule has 3 rings (SSSR count). The number of aryl methyl sites for hydroxylation is 1. The molecule has 8 nitrogen and oxygen atoms in total. The molecule has 0 aliphatic heterocycles. The van der Waals surface area contributed by atoms with Crippen molar-refractivity contribution in [3.63, 3.8) is 0 Å². The third-order valence-corrected chi connectivity index (χ3v) is 8.19. The molecule has 1 N–H and O–H groups in total. The summed E-state index contributed by atoms with van der Waals surface area (Å²) in [6.45, 7) is 5.85. The monoisotopic (exact) mass is 551 g/mol. The molecule has 0 heterocycles. The molecule has 0 aliphatic rings. The minimum absolute atomic E-state index is 0.0237. The van der Waals surface area contributed by atoms with Crippen LogP contribution in [0.5, 0.6) is 5.75 Å². The second-order valence-corrected chi connectivity index (χ2v) is 11.2. The molecule has 0 saturated carbocycles. The molecule has 3 aromatic carbocycles. The molecule has 0 unspecified atom stereocenters. The number of rotatable bonds is 13. The Balaban J connectivity index is 1.97. The van der Waals surface area contributed by atoms with Crippen LogP contribution in [0.2, 0.25) is 0 Å². The first-order chi connectivity index (χ1) is 18.7. The second kappa shape index (κ2) is 13.8. The second-order valence-electron chi connectivity index (χ2n) is 9.35. The SMILES string of the molecule is CCCCNC(=O)[C@H](C)N(Cc1cccc(C)c1)C(=O)CN(c1ccccc1)S(=O)(=O)c1ccc(OC)cc1. The van der Waals surface area contributed by atoms with Gasteiger partial charge >= 0.3 is 0 Å². The van der Waals surface area contributed by atoms with Crippen LogP contribution >= 0.6 is 0 Å². The number of hydrogen-bond donors (Lipinski definition) is 1. The van der Waals surface area contributed by atoms with Gasteiger partial charge in [-0.3, -0.25) is 13.9 Å². The summed E-state index contributed by atoms with van der Waals surface area (Å²) < 4.78 is 33.9. The zero-order chi connectivity index (χ0) is 28.4. The maximum atomic E-state index is 13.9. The van der Waals surface area contributed by atoms with Crippen molar-refractivity contribution < 1.29 is 22.7 Å². The van der Waals surface area contributed by atoms with Crippen LogP contribution in [0.4, 0.5) is 5.69 Å². The predicted molar refractivity (Wildman–Crippen MR) is 153 cm³/mol. The van der Waals surface area contributed by atoms with Crippen LogP contribution in [0.1, 0.15) is 37.8 Å². The number of benzene rings is 3. The van der Waals surface area contributed by atoms with Crippen molar-refractivity contribution in [2.24, 2.45) is 0 Å². The average molecular weight is 552 g/mol. The van der Waals surface area contributed by atoms with E-state index < -0.39 is 28.5 Å². The van der Waals surface area contributed by atoms with Gasteiger partial charge in [0, 0.05) is 13.1 Å². The Hall–Kier alpha value is -3.85. The lowest BCUT2D eigenvalue weighted by molar-refractivity contribution is -0.139. The molecule has 0 aromatic heterocycles. The summed E-state index contributed by atoms with van der Waals surface area (Å²) in [6, 6.07) is 21.4. The smallest absolute Gasteiger partial charge is 0.264 e. The van der Waals surface area contributed by atoms with Gasteiger partial charge in [0.25, 0.3) is 10.0 Å². The number of nitrogens with zero attached hydrogens (tertiary/aromatic N) is 2. The van der Waals surface area contributed by atoms with Crippen molar-refractivity contribution in [1.29, 1.82) is 0 Å². The summed E-state index contributed by atoms with van der Waals surface area (Å²) in [5, 5.41) is 2.89. The maximum Gasteiger partial charge on any atom is 0.264 e. The molecule has 9 heteroatoms. The summed E-state index contributed by atoms with van der Waals surface area (Å²) in [5.41, 5.74) is 2.21. The Bertz CT molecular complexity index is 1340. The van der Waals surface area contributed by atoms with E-state index in [4.69, 9.17) is 4.74 Å². The highest BCUT2D eigenvalue weighted by Crippen LogP contribution is 2.26. The summed E-state index contributed by atoms with van der Waals surface area (Å²) in [4.78, 5) is 28.4. The molecule has 0 radical (unpaired) electrons. The first kappa shape index (κ1) is 29.7. The molecule has 0 spiro atoms. The quantitative estimate of drug-likeness (QED) is 0.315. The largest absolute Gasteiger partial charge is 0.497 e. The van der Waals surface area contributed by atoms with Crippen molar-refractivity contribution in [2.45, 2.75) is 51.1 Å². The average Bonchev–Trinajstić information content (AvgIpc) is 2.94. The van der Waals surface area contributed by atoms with Crippen LogP contribution in [0.25, 0.3) is 0 Å². The Labute approximate surface area is 231 Å². The van der Waals surface area contributed by atoms with Gasteiger partial charge in [0.05, 0.1) is 17.7 Å². The molecule has 0 aliphatic carbocycles. The highest BCUT2D eigenvalue weighted by molar-refractivity contribution is 7.92. The molecule has 0 saturated heterocycles. The maximum absolute atomic E-state index is 13.9. The van der Waals surface area contributed by atoms with E-state index in [1.165, 1.54) is 24.1 Å². The van der Waals surface area contributed by atoms with Gasteiger partial charge in [0.1, 0.15) is 18.3 Å². The number of anilines is 1.